The Hall–Kier alpha value is -7.38. The third-order valence-corrected chi connectivity index (χ3v) is 19.2. The van der Waals surface area contributed by atoms with Crippen molar-refractivity contribution >= 4 is 21.8 Å². The molecule has 0 bridgehead atoms. The SMILES string of the molecule is Cc1cc(F)cc(-c2cc(C(C)(C)CC(C)(C)C)cc(C3c4ccc(C(C)(C)C)cc4-c4cc(C(C)(C)C)ccc43)c2O)c1OCCOc1c(C)cc(F)cc1-c1cc(C(C)(C)CC(C)(C)C)cc(-n2c3ccc(C(C)(C)C)cc3c3cc(C(C)(C)C)ccc32)c1O. The quantitative estimate of drug-likeness (QED) is 0.113. The monoisotopic (exact) mass is 1240 g/mol. The average molecular weight is 1240 g/mol. The first-order valence-electron chi connectivity index (χ1n) is 33.3. The van der Waals surface area contributed by atoms with Crippen LogP contribution in [0.5, 0.6) is 23.0 Å². The summed E-state index contributed by atoms with van der Waals surface area (Å²) in [6.07, 6.45) is 1.67. The highest BCUT2D eigenvalue weighted by molar-refractivity contribution is 6.10. The Morgan fingerprint density at radius 3 is 1.10 bits per heavy atom. The molecular formula is C85H103F2NO4. The lowest BCUT2D eigenvalue weighted by Crippen LogP contribution is -2.25. The molecule has 8 aromatic carbocycles. The summed E-state index contributed by atoms with van der Waals surface area (Å²) in [5.74, 6) is -0.347. The van der Waals surface area contributed by atoms with Gasteiger partial charge in [0.15, 0.2) is 0 Å². The van der Waals surface area contributed by atoms with Crippen LogP contribution in [-0.4, -0.2) is 28.0 Å². The first-order valence-corrected chi connectivity index (χ1v) is 33.3. The standard InChI is InChI=1S/C85H103F2NO4/c1-49-35-57(86)45-67(65-41-55(84(21,22)47-78(3,4)5)43-69(74(65)89)73-59-29-25-51(80(9,10)11)37-61(59)62-38-52(81(12,13)14)26-30-60(62)73)76(49)91-33-34-92-77-50(2)36-58(87)46-68(77)66-42-56(85(23,24)48-79(6,7)8)44-72(75(66)90)88-70-31-27-53(82(15,16)17)39-63(70)64-40-54(83(18,19)20)28-32-71(64)88/h25-32,35-46,73,89-90H,33-34,47-48H2,1-24H3. The summed E-state index contributed by atoms with van der Waals surface area (Å²) >= 11 is 0. The minimum Gasteiger partial charge on any atom is -0.507 e. The lowest BCUT2D eigenvalue weighted by molar-refractivity contribution is 0.216. The van der Waals surface area contributed by atoms with E-state index in [1.807, 2.05) is 26.0 Å². The number of aryl methyl sites for hydroxylation is 2. The predicted octanol–water partition coefficient (Wildman–Crippen LogP) is 23.7. The van der Waals surface area contributed by atoms with E-state index in [1.54, 1.807) is 0 Å². The molecule has 0 saturated carbocycles. The van der Waals surface area contributed by atoms with Crippen LogP contribution in [0, 0.1) is 36.3 Å². The van der Waals surface area contributed by atoms with E-state index in [9.17, 15) is 10.2 Å². The number of aromatic nitrogens is 1. The summed E-state index contributed by atoms with van der Waals surface area (Å²) in [6.45, 7) is 53.0. The fourth-order valence-electron chi connectivity index (χ4n) is 15.0. The van der Waals surface area contributed by atoms with Crippen LogP contribution in [0.3, 0.4) is 0 Å². The van der Waals surface area contributed by atoms with Gasteiger partial charge in [-0.1, -0.05) is 207 Å². The molecule has 9 aromatic rings. The summed E-state index contributed by atoms with van der Waals surface area (Å²) in [5, 5.41) is 28.6. The van der Waals surface area contributed by atoms with E-state index in [0.717, 1.165) is 73.6 Å². The molecule has 486 valence electrons. The highest BCUT2D eigenvalue weighted by atomic mass is 19.1. The van der Waals surface area contributed by atoms with Crippen LogP contribution in [0.1, 0.15) is 232 Å². The van der Waals surface area contributed by atoms with E-state index >= 15 is 8.78 Å². The van der Waals surface area contributed by atoms with E-state index < -0.39 is 17.0 Å². The van der Waals surface area contributed by atoms with Gasteiger partial charge in [0.05, 0.1) is 16.7 Å². The van der Waals surface area contributed by atoms with Crippen molar-refractivity contribution in [1.82, 2.24) is 4.57 Å². The number of phenolic OH excluding ortho intramolecular Hbond substituents is 2. The number of hydrogen-bond acceptors (Lipinski definition) is 4. The van der Waals surface area contributed by atoms with Crippen LogP contribution in [0.15, 0.2) is 121 Å². The van der Waals surface area contributed by atoms with Gasteiger partial charge in [0.25, 0.3) is 0 Å². The first kappa shape index (κ1) is 67.5. The van der Waals surface area contributed by atoms with Crippen LogP contribution in [-0.2, 0) is 32.5 Å². The Balaban J connectivity index is 1.09. The zero-order chi connectivity index (χ0) is 67.7. The molecule has 92 heavy (non-hydrogen) atoms. The van der Waals surface area contributed by atoms with Gasteiger partial charge < -0.3 is 24.3 Å². The minimum atomic E-state index is -0.463. The number of fused-ring (bicyclic) bond motifs is 6. The molecule has 5 nitrogen and oxygen atoms in total. The van der Waals surface area contributed by atoms with Crippen LogP contribution >= 0.6 is 0 Å². The fraction of sp³-hybridized carbons (Fsp3) is 0.435. The van der Waals surface area contributed by atoms with Crippen molar-refractivity contribution in [3.63, 3.8) is 0 Å². The molecule has 0 radical (unpaired) electrons. The Bertz CT molecular complexity index is 4220. The minimum absolute atomic E-state index is 0.00226. The van der Waals surface area contributed by atoms with Gasteiger partial charge in [-0.15, -0.1) is 0 Å². The summed E-state index contributed by atoms with van der Waals surface area (Å²) in [4.78, 5) is 0. The van der Waals surface area contributed by atoms with Gasteiger partial charge in [-0.2, -0.15) is 0 Å². The van der Waals surface area contributed by atoms with E-state index in [2.05, 4.69) is 242 Å². The van der Waals surface area contributed by atoms with Crippen molar-refractivity contribution in [2.45, 2.75) is 217 Å². The Morgan fingerprint density at radius 2 is 0.717 bits per heavy atom. The molecule has 0 amide bonds. The number of halogens is 2. The molecule has 1 heterocycles. The maximum atomic E-state index is 16.3. The molecule has 1 aliphatic carbocycles. The van der Waals surface area contributed by atoms with Gasteiger partial charge in [0.2, 0.25) is 0 Å². The highest BCUT2D eigenvalue weighted by Crippen LogP contribution is 2.56. The number of aromatic hydroxyl groups is 2. The van der Waals surface area contributed by atoms with Crippen molar-refractivity contribution in [2.75, 3.05) is 13.2 Å². The molecular weight excluding hydrogens is 1140 g/mol. The lowest BCUT2D eigenvalue weighted by atomic mass is 9.70. The second-order valence-corrected chi connectivity index (χ2v) is 34.8. The molecule has 0 atom stereocenters. The molecule has 0 saturated heterocycles. The topological polar surface area (TPSA) is 63.8 Å². The summed E-state index contributed by atoms with van der Waals surface area (Å²) in [6, 6.07) is 41.3. The molecule has 2 N–H and O–H groups in total. The third-order valence-electron chi connectivity index (χ3n) is 19.2. The van der Waals surface area contributed by atoms with Crippen LogP contribution in [0.25, 0.3) is 60.9 Å². The van der Waals surface area contributed by atoms with E-state index in [-0.39, 0.29) is 68.5 Å². The summed E-state index contributed by atoms with van der Waals surface area (Å²) < 4.78 is 48.5. The smallest absolute Gasteiger partial charge is 0.147 e. The lowest BCUT2D eigenvalue weighted by Gasteiger charge is -2.34. The molecule has 0 fully saturated rings. The van der Waals surface area contributed by atoms with Crippen molar-refractivity contribution in [1.29, 1.82) is 0 Å². The fourth-order valence-corrected chi connectivity index (χ4v) is 15.0. The second kappa shape index (κ2) is 23.3. The van der Waals surface area contributed by atoms with Crippen LogP contribution in [0.2, 0.25) is 0 Å². The van der Waals surface area contributed by atoms with E-state index in [1.165, 1.54) is 46.5 Å². The maximum Gasteiger partial charge on any atom is 0.147 e. The Morgan fingerprint density at radius 1 is 0.370 bits per heavy atom. The number of hydrogen-bond donors (Lipinski definition) is 2. The van der Waals surface area contributed by atoms with Gasteiger partial charge in [-0.25, -0.2) is 8.78 Å². The first-order chi connectivity index (χ1) is 42.3. The van der Waals surface area contributed by atoms with E-state index in [4.69, 9.17) is 9.47 Å². The number of benzene rings is 8. The average Bonchev–Trinajstić information content (AvgIpc) is 1.53. The molecule has 1 aromatic heterocycles. The normalized spacial score (nSPS) is 13.8. The summed E-state index contributed by atoms with van der Waals surface area (Å²) in [5.41, 5.74) is 16.3. The van der Waals surface area contributed by atoms with Gasteiger partial charge in [-0.05, 0) is 204 Å². The van der Waals surface area contributed by atoms with Gasteiger partial charge >= 0.3 is 0 Å². The number of rotatable bonds is 13. The molecule has 10 rings (SSSR count). The number of nitrogens with zero attached hydrogens (tertiary/aromatic N) is 1. The van der Waals surface area contributed by atoms with Gasteiger partial charge in [-0.3, -0.25) is 0 Å². The largest absolute Gasteiger partial charge is 0.507 e. The molecule has 1 aliphatic rings. The second-order valence-electron chi connectivity index (χ2n) is 34.8. The summed E-state index contributed by atoms with van der Waals surface area (Å²) in [7, 11) is 0. The highest BCUT2D eigenvalue weighted by Gasteiger charge is 2.38. The zero-order valence-corrected chi connectivity index (χ0v) is 59.9. The van der Waals surface area contributed by atoms with Crippen molar-refractivity contribution in [3.05, 3.63) is 194 Å². The number of phenols is 2. The van der Waals surface area contributed by atoms with E-state index in [0.29, 0.717) is 50.6 Å². The van der Waals surface area contributed by atoms with Crippen molar-refractivity contribution in [2.24, 2.45) is 10.8 Å². The third kappa shape index (κ3) is 13.3. The maximum absolute atomic E-state index is 16.3. The van der Waals surface area contributed by atoms with Gasteiger partial charge in [0, 0.05) is 44.5 Å². The number of ether oxygens (including phenoxy) is 2. The molecule has 0 aliphatic heterocycles. The molecule has 7 heteroatoms. The van der Waals surface area contributed by atoms with Gasteiger partial charge in [0.1, 0.15) is 47.8 Å². The van der Waals surface area contributed by atoms with Crippen molar-refractivity contribution < 1.29 is 28.5 Å². The van der Waals surface area contributed by atoms with Crippen molar-refractivity contribution in [3.8, 4) is 62.1 Å². The predicted molar refractivity (Wildman–Crippen MR) is 384 cm³/mol. The molecule has 0 unspecified atom stereocenters. The van der Waals surface area contributed by atoms with Crippen LogP contribution in [0.4, 0.5) is 8.78 Å². The molecule has 0 spiro atoms. The van der Waals surface area contributed by atoms with Crippen LogP contribution < -0.4 is 9.47 Å². The Kier molecular flexibility index (Phi) is 17.1. The Labute approximate surface area is 549 Å². The zero-order valence-electron chi connectivity index (χ0n) is 59.9.